The topological polar surface area (TPSA) is 58.6 Å². The number of carbonyl (C=O) groups excluding carboxylic acids is 2. The number of alkyl carbamates (subject to hydrolysis) is 1. The van der Waals surface area contributed by atoms with Crippen LogP contribution in [0.15, 0.2) is 24.3 Å². The smallest absolute Gasteiger partial charge is 0.416 e. The maximum absolute atomic E-state index is 13.0. The number of nitrogens with zero attached hydrogens (tertiary/aromatic N) is 1. The second kappa shape index (κ2) is 7.39. The Hall–Kier alpha value is -2.25. The number of amides is 2. The van der Waals surface area contributed by atoms with Gasteiger partial charge in [-0.15, -0.1) is 0 Å². The third-order valence-corrected chi connectivity index (χ3v) is 8.53. The Bertz CT molecular complexity index is 900. The molecular weight excluding hydrogens is 421 g/mol. The third kappa shape index (κ3) is 3.65. The number of alkyl halides is 3. The Balaban J connectivity index is 1.14. The molecule has 0 bridgehead atoms. The van der Waals surface area contributed by atoms with Crippen molar-refractivity contribution in [3.8, 4) is 0 Å². The summed E-state index contributed by atoms with van der Waals surface area (Å²) in [4.78, 5) is 26.5. The van der Waals surface area contributed by atoms with Crippen molar-refractivity contribution in [3.63, 3.8) is 0 Å². The number of hydrogen-bond donors (Lipinski definition) is 1. The summed E-state index contributed by atoms with van der Waals surface area (Å²) in [5, 5.41) is 2.88. The van der Waals surface area contributed by atoms with Crippen LogP contribution in [0.5, 0.6) is 0 Å². The Morgan fingerprint density at radius 3 is 2.31 bits per heavy atom. The largest absolute Gasteiger partial charge is 0.444 e. The normalized spacial score (nSPS) is 33.8. The lowest BCUT2D eigenvalue weighted by Crippen LogP contribution is -2.61. The zero-order chi connectivity index (χ0) is 22.7. The number of benzene rings is 1. The van der Waals surface area contributed by atoms with Gasteiger partial charge in [0, 0.05) is 19.0 Å². The number of likely N-dealkylation sites (tertiary alicyclic amines) is 1. The van der Waals surface area contributed by atoms with Crippen molar-refractivity contribution < 1.29 is 27.5 Å². The molecular formula is C24H29F3N2O3. The first-order chi connectivity index (χ1) is 15.1. The number of hydrogen-bond acceptors (Lipinski definition) is 3. The molecule has 1 aromatic carbocycles. The van der Waals surface area contributed by atoms with Crippen molar-refractivity contribution in [1.82, 2.24) is 10.2 Å². The lowest BCUT2D eigenvalue weighted by molar-refractivity contribution is -0.144. The average molecular weight is 451 g/mol. The standard InChI is InChI=1S/C24H29F3N2O3/c1-15-23(28-21(31)32-15)13-18(14-23)20(30)29-10-8-22(9-11-29)7-6-17(12-22)16-2-4-19(5-3-16)24(25,26)27/h2-5,15,17-18H,6-14H2,1H3,(H,28,31)/t15?,17-,18?,23?/m0/s1. The number of rotatable bonds is 2. The van der Waals surface area contributed by atoms with E-state index in [1.165, 1.54) is 12.1 Å². The molecule has 2 saturated carbocycles. The van der Waals surface area contributed by atoms with Crippen LogP contribution in [-0.2, 0) is 15.7 Å². The van der Waals surface area contributed by atoms with E-state index in [4.69, 9.17) is 4.74 Å². The van der Waals surface area contributed by atoms with Crippen LogP contribution in [-0.4, -0.2) is 41.6 Å². The van der Waals surface area contributed by atoms with Gasteiger partial charge in [0.1, 0.15) is 6.10 Å². The van der Waals surface area contributed by atoms with Crippen molar-refractivity contribution in [2.45, 2.75) is 75.6 Å². The highest BCUT2D eigenvalue weighted by Gasteiger charge is 2.57. The summed E-state index contributed by atoms with van der Waals surface area (Å²) < 4.78 is 43.7. The minimum atomic E-state index is -4.30. The van der Waals surface area contributed by atoms with Gasteiger partial charge in [-0.05, 0) is 80.9 Å². The molecule has 2 atom stereocenters. The van der Waals surface area contributed by atoms with Crippen LogP contribution in [0.2, 0.25) is 0 Å². The number of halogens is 3. The summed E-state index contributed by atoms with van der Waals surface area (Å²) in [5.74, 6) is 0.409. The quantitative estimate of drug-likeness (QED) is 0.700. The van der Waals surface area contributed by atoms with Crippen molar-refractivity contribution in [2.75, 3.05) is 13.1 Å². The monoisotopic (exact) mass is 450 g/mol. The molecule has 2 saturated heterocycles. The van der Waals surface area contributed by atoms with Crippen molar-refractivity contribution in [1.29, 1.82) is 0 Å². The number of carbonyl (C=O) groups is 2. The lowest BCUT2D eigenvalue weighted by Gasteiger charge is -2.48. The van der Waals surface area contributed by atoms with Gasteiger partial charge < -0.3 is 15.0 Å². The van der Waals surface area contributed by atoms with Crippen LogP contribution in [0.25, 0.3) is 0 Å². The molecule has 4 fully saturated rings. The minimum absolute atomic E-state index is 0.0584. The van der Waals surface area contributed by atoms with Crippen LogP contribution < -0.4 is 5.32 Å². The first-order valence-electron chi connectivity index (χ1n) is 11.5. The van der Waals surface area contributed by atoms with E-state index in [0.29, 0.717) is 18.8 Å². The zero-order valence-electron chi connectivity index (χ0n) is 18.2. The lowest BCUT2D eigenvalue weighted by atomic mass is 9.65. The summed E-state index contributed by atoms with van der Waals surface area (Å²) >= 11 is 0. The molecule has 2 amide bonds. The maximum Gasteiger partial charge on any atom is 0.416 e. The molecule has 2 aliphatic heterocycles. The molecule has 5 rings (SSSR count). The second-order valence-electron chi connectivity index (χ2n) is 10.3. The van der Waals surface area contributed by atoms with Crippen molar-refractivity contribution in [3.05, 3.63) is 35.4 Å². The fourth-order valence-corrected chi connectivity index (χ4v) is 6.39. The summed E-state index contributed by atoms with van der Waals surface area (Å²) in [7, 11) is 0. The number of ether oxygens (including phenoxy) is 1. The van der Waals surface area contributed by atoms with E-state index in [-0.39, 0.29) is 28.9 Å². The van der Waals surface area contributed by atoms with Gasteiger partial charge in [-0.1, -0.05) is 12.1 Å². The maximum atomic E-state index is 13.0. The Kier molecular flexibility index (Phi) is 4.98. The van der Waals surface area contributed by atoms with Gasteiger partial charge in [0.25, 0.3) is 0 Å². The minimum Gasteiger partial charge on any atom is -0.444 e. The number of nitrogens with one attached hydrogen (secondary N) is 1. The predicted octanol–water partition coefficient (Wildman–Crippen LogP) is 4.86. The van der Waals surface area contributed by atoms with Crippen molar-refractivity contribution in [2.24, 2.45) is 11.3 Å². The van der Waals surface area contributed by atoms with Crippen LogP contribution in [0.3, 0.4) is 0 Å². The fraction of sp³-hybridized carbons (Fsp3) is 0.667. The van der Waals surface area contributed by atoms with Gasteiger partial charge in [0.2, 0.25) is 5.91 Å². The molecule has 32 heavy (non-hydrogen) atoms. The molecule has 2 spiro atoms. The zero-order valence-corrected chi connectivity index (χ0v) is 18.2. The first kappa shape index (κ1) is 21.6. The highest BCUT2D eigenvalue weighted by Crippen LogP contribution is 2.53. The SMILES string of the molecule is CC1OC(=O)NC12CC(C(=O)N1CCC3(CC[C@H](c4ccc(C(F)(F)F)cc4)C3)CC1)C2. The molecule has 5 nitrogen and oxygen atoms in total. The molecule has 4 aliphatic rings. The van der Waals surface area contributed by atoms with Crippen LogP contribution in [0.4, 0.5) is 18.0 Å². The summed E-state index contributed by atoms with van der Waals surface area (Å²) in [6.07, 6.45) is 1.30. The molecule has 1 unspecified atom stereocenters. The molecule has 0 aromatic heterocycles. The van der Waals surface area contributed by atoms with Crippen LogP contribution in [0, 0.1) is 11.3 Å². The third-order valence-electron chi connectivity index (χ3n) is 8.53. The van der Waals surface area contributed by atoms with E-state index in [1.54, 1.807) is 12.1 Å². The summed E-state index contributed by atoms with van der Waals surface area (Å²) in [6.45, 7) is 3.34. The summed E-state index contributed by atoms with van der Waals surface area (Å²) in [6, 6.07) is 5.63. The van der Waals surface area contributed by atoms with E-state index < -0.39 is 17.8 Å². The first-order valence-corrected chi connectivity index (χ1v) is 11.5. The van der Waals surface area contributed by atoms with Gasteiger partial charge >= 0.3 is 12.3 Å². The Morgan fingerprint density at radius 2 is 1.75 bits per heavy atom. The number of cyclic esters (lactones) is 1. The van der Waals surface area contributed by atoms with E-state index in [0.717, 1.165) is 50.8 Å². The molecule has 1 aromatic rings. The van der Waals surface area contributed by atoms with Crippen LogP contribution >= 0.6 is 0 Å². The predicted molar refractivity (Wildman–Crippen MR) is 111 cm³/mol. The highest BCUT2D eigenvalue weighted by atomic mass is 19.4. The van der Waals surface area contributed by atoms with Gasteiger partial charge in [0.15, 0.2) is 0 Å². The molecule has 1 N–H and O–H groups in total. The van der Waals surface area contributed by atoms with Gasteiger partial charge in [-0.2, -0.15) is 13.2 Å². The van der Waals surface area contributed by atoms with E-state index >= 15 is 0 Å². The van der Waals surface area contributed by atoms with Crippen molar-refractivity contribution >= 4 is 12.0 Å². The average Bonchev–Trinajstić information content (AvgIpc) is 3.27. The number of piperidine rings is 1. The molecule has 174 valence electrons. The molecule has 0 radical (unpaired) electrons. The highest BCUT2D eigenvalue weighted by molar-refractivity contribution is 5.82. The van der Waals surface area contributed by atoms with E-state index in [2.05, 4.69) is 5.32 Å². The van der Waals surface area contributed by atoms with Crippen LogP contribution in [0.1, 0.15) is 68.9 Å². The second-order valence-corrected chi connectivity index (χ2v) is 10.3. The summed E-state index contributed by atoms with van der Waals surface area (Å²) in [5.41, 5.74) is 0.196. The Morgan fingerprint density at radius 1 is 1.09 bits per heavy atom. The van der Waals surface area contributed by atoms with E-state index in [9.17, 15) is 22.8 Å². The van der Waals surface area contributed by atoms with E-state index in [1.807, 2.05) is 11.8 Å². The van der Waals surface area contributed by atoms with Gasteiger partial charge in [0.05, 0.1) is 11.1 Å². The Labute approximate surface area is 185 Å². The molecule has 8 heteroatoms. The molecule has 2 heterocycles. The molecule has 2 aliphatic carbocycles. The van der Waals surface area contributed by atoms with Gasteiger partial charge in [-0.3, -0.25) is 4.79 Å². The van der Waals surface area contributed by atoms with Gasteiger partial charge in [-0.25, -0.2) is 4.79 Å². The fourth-order valence-electron chi connectivity index (χ4n) is 6.39.